The normalized spacial score (nSPS) is 24.7. The van der Waals surface area contributed by atoms with Crippen molar-refractivity contribution in [1.82, 2.24) is 20.0 Å². The Labute approximate surface area is 131 Å². The van der Waals surface area contributed by atoms with E-state index in [4.69, 9.17) is 0 Å². The standard InChI is InChI=1S/C16H23N5O/c1-16(11-17,13-5-6-13)19-15(22)10-21-7-3-4-14(21)12-8-18-20(2)9-12/h8-9,13-14H,3-7,10H2,1-2H3,(H,19,22)/t14-,16-/m1/s1. The molecule has 22 heavy (non-hydrogen) atoms. The number of rotatable bonds is 5. The number of nitriles is 1. The van der Waals surface area contributed by atoms with E-state index in [9.17, 15) is 10.1 Å². The Hall–Kier alpha value is -1.87. The van der Waals surface area contributed by atoms with Crippen LogP contribution in [0, 0.1) is 17.2 Å². The number of aryl methyl sites for hydroxylation is 1. The SMILES string of the molecule is Cn1cc([C@H]2CCCN2CC(=O)N[C@](C)(C#N)C2CC2)cn1. The van der Waals surface area contributed by atoms with Gasteiger partial charge in [-0.05, 0) is 45.1 Å². The summed E-state index contributed by atoms with van der Waals surface area (Å²) < 4.78 is 1.80. The first-order valence-electron chi connectivity index (χ1n) is 7.96. The van der Waals surface area contributed by atoms with Crippen LogP contribution in [0.5, 0.6) is 0 Å². The zero-order valence-corrected chi connectivity index (χ0v) is 13.2. The van der Waals surface area contributed by atoms with E-state index in [1.165, 1.54) is 0 Å². The minimum atomic E-state index is -0.708. The molecule has 1 amide bonds. The Morgan fingerprint density at radius 2 is 2.32 bits per heavy atom. The van der Waals surface area contributed by atoms with E-state index >= 15 is 0 Å². The third-order valence-electron chi connectivity index (χ3n) is 4.85. The lowest BCUT2D eigenvalue weighted by atomic mass is 9.98. The van der Waals surface area contributed by atoms with Crippen LogP contribution in [-0.4, -0.2) is 39.2 Å². The fourth-order valence-corrected chi connectivity index (χ4v) is 3.40. The molecule has 2 heterocycles. The van der Waals surface area contributed by atoms with Gasteiger partial charge in [0.2, 0.25) is 5.91 Å². The summed E-state index contributed by atoms with van der Waals surface area (Å²) in [5, 5.41) is 16.5. The molecule has 118 valence electrons. The molecule has 1 aliphatic heterocycles. The van der Waals surface area contributed by atoms with Crippen LogP contribution in [0.25, 0.3) is 0 Å². The van der Waals surface area contributed by atoms with Gasteiger partial charge in [-0.25, -0.2) is 0 Å². The van der Waals surface area contributed by atoms with Crippen molar-refractivity contribution in [1.29, 1.82) is 5.26 Å². The predicted octanol–water partition coefficient (Wildman–Crippen LogP) is 1.37. The Bertz CT molecular complexity index is 600. The molecule has 1 saturated heterocycles. The lowest BCUT2D eigenvalue weighted by Gasteiger charge is -2.27. The monoisotopic (exact) mass is 301 g/mol. The van der Waals surface area contributed by atoms with E-state index in [-0.39, 0.29) is 11.9 Å². The van der Waals surface area contributed by atoms with Crippen molar-refractivity contribution in [2.45, 2.75) is 44.2 Å². The maximum atomic E-state index is 12.4. The summed E-state index contributed by atoms with van der Waals surface area (Å²) in [5.74, 6) is 0.265. The molecule has 0 radical (unpaired) electrons. The van der Waals surface area contributed by atoms with Crippen molar-refractivity contribution >= 4 is 5.91 Å². The molecule has 1 saturated carbocycles. The smallest absolute Gasteiger partial charge is 0.235 e. The summed E-state index contributed by atoms with van der Waals surface area (Å²) in [6.45, 7) is 3.11. The van der Waals surface area contributed by atoms with Gasteiger partial charge in [0.15, 0.2) is 0 Å². The minimum Gasteiger partial charge on any atom is -0.337 e. The van der Waals surface area contributed by atoms with Crippen LogP contribution in [-0.2, 0) is 11.8 Å². The van der Waals surface area contributed by atoms with E-state index in [2.05, 4.69) is 21.4 Å². The third-order valence-corrected chi connectivity index (χ3v) is 4.85. The Morgan fingerprint density at radius 1 is 1.55 bits per heavy atom. The van der Waals surface area contributed by atoms with Crippen molar-refractivity contribution in [3.05, 3.63) is 18.0 Å². The van der Waals surface area contributed by atoms with Gasteiger partial charge in [0, 0.05) is 24.8 Å². The molecule has 2 fully saturated rings. The number of aromatic nitrogens is 2. The van der Waals surface area contributed by atoms with Crippen LogP contribution < -0.4 is 5.32 Å². The maximum absolute atomic E-state index is 12.4. The molecule has 6 heteroatoms. The molecule has 0 spiro atoms. The average molecular weight is 301 g/mol. The Balaban J connectivity index is 1.62. The highest BCUT2D eigenvalue weighted by molar-refractivity contribution is 5.79. The third kappa shape index (κ3) is 3.00. The van der Waals surface area contributed by atoms with Gasteiger partial charge in [0.1, 0.15) is 5.54 Å². The lowest BCUT2D eigenvalue weighted by Crippen LogP contribution is -2.50. The maximum Gasteiger partial charge on any atom is 0.235 e. The summed E-state index contributed by atoms with van der Waals surface area (Å²) in [4.78, 5) is 14.6. The van der Waals surface area contributed by atoms with Crippen LogP contribution in [0.2, 0.25) is 0 Å². The van der Waals surface area contributed by atoms with Crippen LogP contribution >= 0.6 is 0 Å². The summed E-state index contributed by atoms with van der Waals surface area (Å²) >= 11 is 0. The first-order valence-corrected chi connectivity index (χ1v) is 7.96. The zero-order chi connectivity index (χ0) is 15.7. The number of amides is 1. The van der Waals surface area contributed by atoms with E-state index < -0.39 is 5.54 Å². The number of carbonyl (C=O) groups excluding carboxylic acids is 1. The summed E-state index contributed by atoms with van der Waals surface area (Å²) in [6, 6.07) is 2.54. The molecule has 0 aromatic carbocycles. The molecular formula is C16H23N5O. The number of hydrogen-bond acceptors (Lipinski definition) is 4. The number of nitrogens with zero attached hydrogens (tertiary/aromatic N) is 4. The summed E-state index contributed by atoms with van der Waals surface area (Å²) in [6.07, 6.45) is 8.11. The molecule has 1 aromatic rings. The highest BCUT2D eigenvalue weighted by Crippen LogP contribution is 2.39. The topological polar surface area (TPSA) is 74.0 Å². The molecule has 6 nitrogen and oxygen atoms in total. The molecule has 0 unspecified atom stereocenters. The van der Waals surface area contributed by atoms with Crippen molar-refractivity contribution in [2.75, 3.05) is 13.1 Å². The van der Waals surface area contributed by atoms with Crippen LogP contribution in [0.15, 0.2) is 12.4 Å². The summed E-state index contributed by atoms with van der Waals surface area (Å²) in [7, 11) is 1.91. The van der Waals surface area contributed by atoms with Gasteiger partial charge < -0.3 is 5.32 Å². The van der Waals surface area contributed by atoms with Crippen LogP contribution in [0.3, 0.4) is 0 Å². The van der Waals surface area contributed by atoms with Gasteiger partial charge in [-0.3, -0.25) is 14.4 Å². The first-order chi connectivity index (χ1) is 10.5. The average Bonchev–Trinajstić information content (AvgIpc) is 3.12. The summed E-state index contributed by atoms with van der Waals surface area (Å²) in [5.41, 5.74) is 0.457. The zero-order valence-electron chi connectivity index (χ0n) is 13.2. The van der Waals surface area contributed by atoms with Gasteiger partial charge in [-0.1, -0.05) is 0 Å². The second-order valence-electron chi connectivity index (χ2n) is 6.71. The second-order valence-corrected chi connectivity index (χ2v) is 6.71. The highest BCUT2D eigenvalue weighted by atomic mass is 16.2. The van der Waals surface area contributed by atoms with Gasteiger partial charge in [-0.15, -0.1) is 0 Å². The van der Waals surface area contributed by atoms with Gasteiger partial charge in [-0.2, -0.15) is 10.4 Å². The molecule has 1 aliphatic carbocycles. The lowest BCUT2D eigenvalue weighted by molar-refractivity contribution is -0.123. The van der Waals surface area contributed by atoms with E-state index in [0.717, 1.165) is 37.8 Å². The van der Waals surface area contributed by atoms with Crippen molar-refractivity contribution in [3.63, 3.8) is 0 Å². The molecular weight excluding hydrogens is 278 g/mol. The van der Waals surface area contributed by atoms with E-state index in [1.54, 1.807) is 4.68 Å². The first kappa shape index (κ1) is 15.0. The quantitative estimate of drug-likeness (QED) is 0.891. The fraction of sp³-hybridized carbons (Fsp3) is 0.688. The predicted molar refractivity (Wildman–Crippen MR) is 81.6 cm³/mol. The largest absolute Gasteiger partial charge is 0.337 e. The van der Waals surface area contributed by atoms with Gasteiger partial charge in [0.25, 0.3) is 0 Å². The van der Waals surface area contributed by atoms with E-state index in [0.29, 0.717) is 12.5 Å². The van der Waals surface area contributed by atoms with Crippen molar-refractivity contribution in [2.24, 2.45) is 13.0 Å². The Kier molecular flexibility index (Phi) is 3.92. The molecule has 1 aromatic heterocycles. The number of likely N-dealkylation sites (tertiary alicyclic amines) is 1. The van der Waals surface area contributed by atoms with E-state index in [1.807, 2.05) is 26.4 Å². The number of nitrogens with one attached hydrogen (secondary N) is 1. The van der Waals surface area contributed by atoms with Crippen LogP contribution in [0.1, 0.15) is 44.2 Å². The molecule has 1 N–H and O–H groups in total. The van der Waals surface area contributed by atoms with Gasteiger partial charge in [0.05, 0.1) is 18.8 Å². The fourth-order valence-electron chi connectivity index (χ4n) is 3.40. The number of carbonyl (C=O) groups is 1. The minimum absolute atomic E-state index is 0.0493. The molecule has 2 aliphatic rings. The van der Waals surface area contributed by atoms with Crippen LogP contribution in [0.4, 0.5) is 0 Å². The van der Waals surface area contributed by atoms with Crippen molar-refractivity contribution in [3.8, 4) is 6.07 Å². The molecule has 2 atom stereocenters. The molecule has 3 rings (SSSR count). The Morgan fingerprint density at radius 3 is 2.91 bits per heavy atom. The van der Waals surface area contributed by atoms with Gasteiger partial charge >= 0.3 is 0 Å². The second kappa shape index (κ2) is 5.73. The van der Waals surface area contributed by atoms with Crippen molar-refractivity contribution < 1.29 is 4.79 Å². The highest BCUT2D eigenvalue weighted by Gasteiger charge is 2.43. The molecule has 0 bridgehead atoms. The number of hydrogen-bond donors (Lipinski definition) is 1.